The van der Waals surface area contributed by atoms with Gasteiger partial charge in [-0.15, -0.1) is 0 Å². The van der Waals surface area contributed by atoms with E-state index < -0.39 is 5.79 Å². The van der Waals surface area contributed by atoms with Gasteiger partial charge in [0.2, 0.25) is 5.79 Å². The van der Waals surface area contributed by atoms with Crippen LogP contribution in [0.4, 0.5) is 5.69 Å². The first-order valence-electron chi connectivity index (χ1n) is 8.62. The van der Waals surface area contributed by atoms with Crippen LogP contribution in [0.2, 0.25) is 0 Å². The fourth-order valence-corrected chi connectivity index (χ4v) is 3.35. The van der Waals surface area contributed by atoms with E-state index in [1.165, 1.54) is 5.56 Å². The molecule has 2 heterocycles. The molecular weight excluding hydrogens is 316 g/mol. The topological polar surface area (TPSA) is 101 Å². The number of amidine groups is 1. The molecule has 2 aliphatic rings. The lowest BCUT2D eigenvalue weighted by Crippen LogP contribution is -2.49. The van der Waals surface area contributed by atoms with Crippen LogP contribution >= 0.6 is 0 Å². The fraction of sp³-hybridized carbons (Fsp3) is 0.500. The van der Waals surface area contributed by atoms with Gasteiger partial charge >= 0.3 is 0 Å². The molecule has 2 atom stereocenters. The van der Waals surface area contributed by atoms with Crippen molar-refractivity contribution in [2.45, 2.75) is 31.1 Å². The van der Waals surface area contributed by atoms with Crippen LogP contribution in [0.15, 0.2) is 29.4 Å². The predicted molar refractivity (Wildman–Crippen MR) is 102 cm³/mol. The first-order chi connectivity index (χ1) is 11.9. The normalized spacial score (nSPS) is 25.0. The monoisotopic (exact) mass is 344 g/mol. The van der Waals surface area contributed by atoms with E-state index in [1.807, 2.05) is 6.07 Å². The molecule has 2 aliphatic heterocycles. The van der Waals surface area contributed by atoms with Crippen LogP contribution in [0.1, 0.15) is 24.0 Å². The van der Waals surface area contributed by atoms with E-state index >= 15 is 0 Å². The average Bonchev–Trinajstić information content (AvgIpc) is 2.58. The quantitative estimate of drug-likeness (QED) is 0.634. The first-order valence-corrected chi connectivity index (χ1v) is 8.62. The van der Waals surface area contributed by atoms with Gasteiger partial charge in [0.15, 0.2) is 0 Å². The fourth-order valence-electron chi connectivity index (χ4n) is 3.35. The van der Waals surface area contributed by atoms with Gasteiger partial charge in [0.05, 0.1) is 12.7 Å². The number of anilines is 1. The highest BCUT2D eigenvalue weighted by atomic mass is 16.5. The van der Waals surface area contributed by atoms with Gasteiger partial charge in [-0.1, -0.05) is 0 Å². The minimum atomic E-state index is -1.13. The SMILES string of the molecule is COc1cc2c(cc1C1(N)N=C(N)C=CN1)NC(CCN(C)C)CC2. The zero-order valence-corrected chi connectivity index (χ0v) is 15.2. The highest BCUT2D eigenvalue weighted by Gasteiger charge is 2.33. The minimum absolute atomic E-state index is 0.387. The summed E-state index contributed by atoms with van der Waals surface area (Å²) in [7, 11) is 5.85. The molecule has 6 N–H and O–H groups in total. The molecule has 0 bridgehead atoms. The third-order valence-electron chi connectivity index (χ3n) is 4.75. The molecule has 1 aromatic rings. The molecular formula is C18H28N6O. The number of rotatable bonds is 5. The lowest BCUT2D eigenvalue weighted by Gasteiger charge is -2.33. The smallest absolute Gasteiger partial charge is 0.214 e. The Morgan fingerprint density at radius 3 is 2.88 bits per heavy atom. The van der Waals surface area contributed by atoms with E-state index in [-0.39, 0.29) is 0 Å². The first kappa shape index (κ1) is 17.6. The molecule has 1 aromatic carbocycles. The van der Waals surface area contributed by atoms with Crippen molar-refractivity contribution in [1.29, 1.82) is 0 Å². The highest BCUT2D eigenvalue weighted by molar-refractivity contribution is 5.92. The van der Waals surface area contributed by atoms with Gasteiger partial charge in [-0.3, -0.25) is 5.73 Å². The molecule has 0 fully saturated rings. The lowest BCUT2D eigenvalue weighted by atomic mass is 9.93. The number of hydrogen-bond acceptors (Lipinski definition) is 7. The number of nitrogens with two attached hydrogens (primary N) is 2. The zero-order valence-electron chi connectivity index (χ0n) is 15.2. The van der Waals surface area contributed by atoms with E-state index in [2.05, 4.69) is 40.7 Å². The molecule has 7 heteroatoms. The van der Waals surface area contributed by atoms with Gasteiger partial charge in [0, 0.05) is 17.9 Å². The Morgan fingerprint density at radius 2 is 2.20 bits per heavy atom. The van der Waals surface area contributed by atoms with Gasteiger partial charge in [-0.05, 0) is 63.7 Å². The van der Waals surface area contributed by atoms with Gasteiger partial charge in [0.1, 0.15) is 11.6 Å². The molecule has 136 valence electrons. The maximum atomic E-state index is 6.47. The van der Waals surface area contributed by atoms with E-state index in [0.29, 0.717) is 17.6 Å². The van der Waals surface area contributed by atoms with Gasteiger partial charge in [-0.2, -0.15) is 0 Å². The van der Waals surface area contributed by atoms with Crippen LogP contribution < -0.4 is 26.8 Å². The van der Waals surface area contributed by atoms with Gasteiger partial charge in [-0.25, -0.2) is 4.99 Å². The summed E-state index contributed by atoms with van der Waals surface area (Å²) in [6.45, 7) is 1.06. The third-order valence-corrected chi connectivity index (χ3v) is 4.75. The number of fused-ring (bicyclic) bond motifs is 1. The van der Waals surface area contributed by atoms with Crippen molar-refractivity contribution in [1.82, 2.24) is 10.2 Å². The van der Waals surface area contributed by atoms with Gasteiger partial charge < -0.3 is 26.0 Å². The number of ether oxygens (including phenoxy) is 1. The summed E-state index contributed by atoms with van der Waals surface area (Å²) in [5.74, 6) is -0.0238. The number of nitrogens with one attached hydrogen (secondary N) is 2. The molecule has 0 radical (unpaired) electrons. The molecule has 0 saturated heterocycles. The summed E-state index contributed by atoms with van der Waals surface area (Å²) in [5, 5.41) is 6.74. The zero-order chi connectivity index (χ0) is 18.0. The molecule has 0 saturated carbocycles. The van der Waals surface area contributed by atoms with E-state index in [4.69, 9.17) is 16.2 Å². The average molecular weight is 344 g/mol. The minimum Gasteiger partial charge on any atom is -0.496 e. The molecule has 3 rings (SSSR count). The standard InChI is InChI=1S/C18H28N6O/c1-24(2)9-7-13-5-4-12-10-16(25-3)14(11-15(12)22-13)18(20)21-8-6-17(19)23-18/h6,8,10-11,13,21-22H,4-5,7,9,20H2,1-3H3,(H2,19,23). The summed E-state index contributed by atoms with van der Waals surface area (Å²) in [5.41, 5.74) is 15.4. The van der Waals surface area contributed by atoms with E-state index in [9.17, 15) is 0 Å². The van der Waals surface area contributed by atoms with E-state index in [0.717, 1.165) is 37.1 Å². The van der Waals surface area contributed by atoms with Crippen molar-refractivity contribution < 1.29 is 4.74 Å². The van der Waals surface area contributed by atoms with Crippen molar-refractivity contribution in [3.63, 3.8) is 0 Å². The Balaban J connectivity index is 1.91. The van der Waals surface area contributed by atoms with Crippen molar-refractivity contribution in [2.24, 2.45) is 16.5 Å². The maximum Gasteiger partial charge on any atom is 0.214 e. The number of aryl methyl sites for hydroxylation is 1. The van der Waals surface area contributed by atoms with E-state index in [1.54, 1.807) is 19.4 Å². The van der Waals surface area contributed by atoms with Gasteiger partial charge in [0.25, 0.3) is 0 Å². The molecule has 7 nitrogen and oxygen atoms in total. The summed E-state index contributed by atoms with van der Waals surface area (Å²) < 4.78 is 5.58. The molecule has 0 aromatic heterocycles. The van der Waals surface area contributed by atoms with Crippen molar-refractivity contribution >= 4 is 11.5 Å². The van der Waals surface area contributed by atoms with Crippen molar-refractivity contribution in [2.75, 3.05) is 33.1 Å². The van der Waals surface area contributed by atoms with Crippen LogP contribution in [0.3, 0.4) is 0 Å². The number of nitrogens with zero attached hydrogens (tertiary/aromatic N) is 2. The largest absolute Gasteiger partial charge is 0.496 e. The predicted octanol–water partition coefficient (Wildman–Crippen LogP) is 0.917. The number of methoxy groups -OCH3 is 1. The number of hydrogen-bond donors (Lipinski definition) is 4. The van der Waals surface area contributed by atoms with Crippen LogP contribution in [-0.2, 0) is 12.2 Å². The number of benzene rings is 1. The highest BCUT2D eigenvalue weighted by Crippen LogP contribution is 2.37. The Hall–Kier alpha value is -2.25. The Bertz CT molecular complexity index is 699. The molecule has 0 spiro atoms. The van der Waals surface area contributed by atoms with Crippen molar-refractivity contribution in [3.05, 3.63) is 35.5 Å². The Kier molecular flexibility index (Phi) is 4.87. The summed E-state index contributed by atoms with van der Waals surface area (Å²) in [6.07, 6.45) is 6.64. The number of aliphatic imine (C=N–C) groups is 1. The van der Waals surface area contributed by atoms with Crippen LogP contribution in [0.25, 0.3) is 0 Å². The Labute approximate surface area is 149 Å². The second-order valence-corrected chi connectivity index (χ2v) is 6.96. The second kappa shape index (κ2) is 6.93. The summed E-state index contributed by atoms with van der Waals surface area (Å²) >= 11 is 0. The molecule has 2 unspecified atom stereocenters. The second-order valence-electron chi connectivity index (χ2n) is 6.96. The van der Waals surface area contributed by atoms with Crippen LogP contribution in [0, 0.1) is 0 Å². The van der Waals surface area contributed by atoms with Crippen LogP contribution in [-0.4, -0.2) is 44.5 Å². The summed E-state index contributed by atoms with van der Waals surface area (Å²) in [6, 6.07) is 4.55. The maximum absolute atomic E-state index is 6.47. The lowest BCUT2D eigenvalue weighted by molar-refractivity contribution is 0.359. The van der Waals surface area contributed by atoms with Crippen LogP contribution in [0.5, 0.6) is 5.75 Å². The third kappa shape index (κ3) is 3.72. The Morgan fingerprint density at radius 1 is 1.40 bits per heavy atom. The molecule has 25 heavy (non-hydrogen) atoms. The molecule has 0 amide bonds. The molecule has 0 aliphatic carbocycles. The summed E-state index contributed by atoms with van der Waals surface area (Å²) in [4.78, 5) is 6.59. The van der Waals surface area contributed by atoms with Crippen molar-refractivity contribution in [3.8, 4) is 5.75 Å².